The van der Waals surface area contributed by atoms with Gasteiger partial charge < -0.3 is 14.7 Å². The van der Waals surface area contributed by atoms with Crippen LogP contribution in [-0.2, 0) is 17.8 Å². The van der Waals surface area contributed by atoms with Crippen LogP contribution < -0.4 is 10.2 Å². The lowest BCUT2D eigenvalue weighted by atomic mass is 10.1. The quantitative estimate of drug-likeness (QED) is 0.771. The number of nitrogens with zero attached hydrogens (tertiary/aromatic N) is 4. The predicted octanol–water partition coefficient (Wildman–Crippen LogP) is 1.85. The van der Waals surface area contributed by atoms with Gasteiger partial charge in [0.2, 0.25) is 11.9 Å². The standard InChI is InChI=1S/C17H19N5O2/c1-11-8-12(20-17(19-11)22(2)3)10-18-16(23)9-14-13-6-4-5-7-15(13)24-21-14/h4-8H,9-10H2,1-3H3,(H,18,23). The maximum Gasteiger partial charge on any atom is 0.226 e. The molecular weight excluding hydrogens is 306 g/mol. The molecule has 7 nitrogen and oxygen atoms in total. The smallest absolute Gasteiger partial charge is 0.226 e. The highest BCUT2D eigenvalue weighted by atomic mass is 16.5. The third kappa shape index (κ3) is 3.51. The Morgan fingerprint density at radius 3 is 2.83 bits per heavy atom. The van der Waals surface area contributed by atoms with Gasteiger partial charge in [-0.2, -0.15) is 0 Å². The van der Waals surface area contributed by atoms with Crippen LogP contribution in [-0.4, -0.2) is 35.1 Å². The van der Waals surface area contributed by atoms with Gasteiger partial charge in [-0.05, 0) is 25.1 Å². The fourth-order valence-corrected chi connectivity index (χ4v) is 2.38. The van der Waals surface area contributed by atoms with Gasteiger partial charge in [0.25, 0.3) is 0 Å². The summed E-state index contributed by atoms with van der Waals surface area (Å²) in [7, 11) is 3.76. The highest BCUT2D eigenvalue weighted by Crippen LogP contribution is 2.18. The summed E-state index contributed by atoms with van der Waals surface area (Å²) < 4.78 is 5.21. The molecule has 1 aromatic carbocycles. The molecule has 0 atom stereocenters. The Hall–Kier alpha value is -2.96. The molecule has 0 saturated carbocycles. The van der Waals surface area contributed by atoms with Crippen LogP contribution in [0, 0.1) is 6.92 Å². The number of carbonyl (C=O) groups excluding carboxylic acids is 1. The lowest BCUT2D eigenvalue weighted by molar-refractivity contribution is -0.120. The van der Waals surface area contributed by atoms with Crippen LogP contribution in [0.1, 0.15) is 17.1 Å². The van der Waals surface area contributed by atoms with Crippen LogP contribution in [0.15, 0.2) is 34.9 Å². The number of carbonyl (C=O) groups is 1. The number of benzene rings is 1. The summed E-state index contributed by atoms with van der Waals surface area (Å²) in [5, 5.41) is 7.70. The lowest BCUT2D eigenvalue weighted by Crippen LogP contribution is -2.26. The van der Waals surface area contributed by atoms with Crippen molar-refractivity contribution >= 4 is 22.8 Å². The number of para-hydroxylation sites is 1. The molecule has 124 valence electrons. The number of fused-ring (bicyclic) bond motifs is 1. The summed E-state index contributed by atoms with van der Waals surface area (Å²) in [6, 6.07) is 9.35. The molecule has 0 radical (unpaired) electrons. The van der Waals surface area contributed by atoms with Crippen LogP contribution >= 0.6 is 0 Å². The van der Waals surface area contributed by atoms with Crippen molar-refractivity contribution in [3.8, 4) is 0 Å². The minimum absolute atomic E-state index is 0.128. The van der Waals surface area contributed by atoms with E-state index in [1.165, 1.54) is 0 Å². The van der Waals surface area contributed by atoms with Crippen LogP contribution in [0.2, 0.25) is 0 Å². The molecule has 2 aromatic heterocycles. The third-order valence-electron chi connectivity index (χ3n) is 3.54. The fraction of sp³-hybridized carbons (Fsp3) is 0.294. The van der Waals surface area contributed by atoms with E-state index in [-0.39, 0.29) is 12.3 Å². The number of aromatic nitrogens is 3. The van der Waals surface area contributed by atoms with Crippen LogP contribution in [0.3, 0.4) is 0 Å². The average Bonchev–Trinajstić information content (AvgIpc) is 2.96. The number of hydrogen-bond acceptors (Lipinski definition) is 6. The minimum atomic E-state index is -0.128. The second kappa shape index (κ2) is 6.66. The third-order valence-corrected chi connectivity index (χ3v) is 3.54. The van der Waals surface area contributed by atoms with E-state index in [9.17, 15) is 4.79 Å². The van der Waals surface area contributed by atoms with Gasteiger partial charge in [0.15, 0.2) is 5.58 Å². The highest BCUT2D eigenvalue weighted by molar-refractivity contribution is 5.86. The van der Waals surface area contributed by atoms with Gasteiger partial charge in [-0.3, -0.25) is 4.79 Å². The summed E-state index contributed by atoms with van der Waals surface area (Å²) in [5.74, 6) is 0.499. The second-order valence-electron chi connectivity index (χ2n) is 5.77. The van der Waals surface area contributed by atoms with E-state index < -0.39 is 0 Å². The van der Waals surface area contributed by atoms with Crippen LogP contribution in [0.25, 0.3) is 11.0 Å². The van der Waals surface area contributed by atoms with Gasteiger partial charge in [-0.1, -0.05) is 17.3 Å². The number of nitrogens with one attached hydrogen (secondary N) is 1. The molecule has 2 heterocycles. The normalized spacial score (nSPS) is 10.8. The van der Waals surface area contributed by atoms with Gasteiger partial charge in [-0.15, -0.1) is 0 Å². The largest absolute Gasteiger partial charge is 0.356 e. The highest BCUT2D eigenvalue weighted by Gasteiger charge is 2.12. The first-order chi connectivity index (χ1) is 11.5. The fourth-order valence-electron chi connectivity index (χ4n) is 2.38. The molecule has 24 heavy (non-hydrogen) atoms. The van der Waals surface area contributed by atoms with E-state index in [0.29, 0.717) is 23.8 Å². The number of hydrogen-bond donors (Lipinski definition) is 1. The van der Waals surface area contributed by atoms with Crippen molar-refractivity contribution in [1.82, 2.24) is 20.4 Å². The molecule has 3 aromatic rings. The zero-order valence-corrected chi connectivity index (χ0v) is 13.9. The van der Waals surface area contributed by atoms with Crippen LogP contribution in [0.5, 0.6) is 0 Å². The molecule has 0 bridgehead atoms. The van der Waals surface area contributed by atoms with E-state index in [0.717, 1.165) is 16.8 Å². The zero-order chi connectivity index (χ0) is 17.1. The Balaban J connectivity index is 1.66. The minimum Gasteiger partial charge on any atom is -0.356 e. The van der Waals surface area contributed by atoms with Crippen molar-refractivity contribution in [2.45, 2.75) is 19.9 Å². The predicted molar refractivity (Wildman–Crippen MR) is 90.7 cm³/mol. The molecule has 0 aliphatic carbocycles. The molecule has 1 amide bonds. The first kappa shape index (κ1) is 15.9. The van der Waals surface area contributed by atoms with E-state index >= 15 is 0 Å². The zero-order valence-electron chi connectivity index (χ0n) is 13.9. The van der Waals surface area contributed by atoms with Gasteiger partial charge in [0.1, 0.15) is 5.69 Å². The molecule has 0 fully saturated rings. The van der Waals surface area contributed by atoms with Gasteiger partial charge in [-0.25, -0.2) is 9.97 Å². The molecule has 0 unspecified atom stereocenters. The summed E-state index contributed by atoms with van der Waals surface area (Å²) in [5.41, 5.74) is 2.95. The summed E-state index contributed by atoms with van der Waals surface area (Å²) in [6.45, 7) is 2.25. The van der Waals surface area contributed by atoms with Crippen molar-refractivity contribution in [3.05, 3.63) is 47.4 Å². The van der Waals surface area contributed by atoms with E-state index in [1.54, 1.807) is 0 Å². The van der Waals surface area contributed by atoms with Crippen molar-refractivity contribution in [2.75, 3.05) is 19.0 Å². The molecule has 7 heteroatoms. The first-order valence-electron chi connectivity index (χ1n) is 7.65. The lowest BCUT2D eigenvalue weighted by Gasteiger charge is -2.12. The van der Waals surface area contributed by atoms with Crippen molar-refractivity contribution in [2.24, 2.45) is 0 Å². The first-order valence-corrected chi connectivity index (χ1v) is 7.65. The maximum absolute atomic E-state index is 12.2. The van der Waals surface area contributed by atoms with Crippen molar-refractivity contribution < 1.29 is 9.32 Å². The van der Waals surface area contributed by atoms with Gasteiger partial charge in [0.05, 0.1) is 18.7 Å². The monoisotopic (exact) mass is 325 g/mol. The van der Waals surface area contributed by atoms with Gasteiger partial charge >= 0.3 is 0 Å². The summed E-state index contributed by atoms with van der Waals surface area (Å²) in [6.07, 6.45) is 0.168. The van der Waals surface area contributed by atoms with E-state index in [4.69, 9.17) is 4.52 Å². The number of rotatable bonds is 5. The van der Waals surface area contributed by atoms with Crippen molar-refractivity contribution in [3.63, 3.8) is 0 Å². The van der Waals surface area contributed by atoms with Gasteiger partial charge in [0, 0.05) is 25.2 Å². The van der Waals surface area contributed by atoms with Crippen molar-refractivity contribution in [1.29, 1.82) is 0 Å². The maximum atomic E-state index is 12.2. The average molecular weight is 325 g/mol. The van der Waals surface area contributed by atoms with E-state index in [2.05, 4.69) is 20.4 Å². The second-order valence-corrected chi connectivity index (χ2v) is 5.77. The SMILES string of the molecule is Cc1cc(CNC(=O)Cc2noc3ccccc23)nc(N(C)C)n1. The number of amides is 1. The van der Waals surface area contributed by atoms with E-state index in [1.807, 2.05) is 56.3 Å². The van der Waals surface area contributed by atoms with Crippen LogP contribution in [0.4, 0.5) is 5.95 Å². The Morgan fingerprint density at radius 2 is 2.04 bits per heavy atom. The molecule has 1 N–H and O–H groups in total. The number of aryl methyl sites for hydroxylation is 1. The molecule has 0 spiro atoms. The summed E-state index contributed by atoms with van der Waals surface area (Å²) in [4.78, 5) is 22.8. The summed E-state index contributed by atoms with van der Waals surface area (Å²) >= 11 is 0. The Kier molecular flexibility index (Phi) is 4.41. The Morgan fingerprint density at radius 1 is 1.25 bits per heavy atom. The number of anilines is 1. The molecular formula is C17H19N5O2. The molecule has 0 aliphatic heterocycles. The molecule has 0 aliphatic rings. The molecule has 0 saturated heterocycles. The molecule has 3 rings (SSSR count). The Labute approximate surface area is 139 Å². The Bertz CT molecular complexity index is 872. The topological polar surface area (TPSA) is 84.2 Å².